The molecule has 0 N–H and O–H groups in total. The molecule has 0 amide bonds. The van der Waals surface area contributed by atoms with Gasteiger partial charge >= 0.3 is 0 Å². The largest absolute Gasteiger partial charge is 0.388 e. The SMILES string of the molecule is C.C.CC.CC.CC.CC.CC.COC.c1ccc2c(c1)-c1ccccc1C2(c1ccc2ccccc2c1)c1ccc2ccccc2c1. The zero-order valence-corrected chi connectivity index (χ0v) is 30.6. The second-order valence-corrected chi connectivity index (χ2v) is 9.37. The van der Waals surface area contributed by atoms with Crippen LogP contribution in [0.2, 0.25) is 0 Å². The van der Waals surface area contributed by atoms with Crippen LogP contribution in [0.4, 0.5) is 0 Å². The predicted octanol–water partition coefficient (Wildman–Crippen LogP) is 15.0. The van der Waals surface area contributed by atoms with Crippen molar-refractivity contribution in [1.29, 1.82) is 0 Å². The van der Waals surface area contributed by atoms with Gasteiger partial charge in [0.15, 0.2) is 0 Å². The number of ether oxygens (including phenoxy) is 1. The molecule has 0 unspecified atom stereocenters. The standard InChI is InChI=1S/C33H22.C2H6O.5C2H6.2CH4/c1-3-11-25-21-27(19-17-23(25)9-1)33(28-20-18-24-10-2-4-12-26(24)22-28)31-15-7-5-13-29(31)30-14-6-8-16-32(30)33;1-3-2;5*1-2;;/h1-22H;1-2H3;5*1-2H3;2*1H4. The molecule has 6 aromatic carbocycles. The number of hydrogen-bond donors (Lipinski definition) is 0. The lowest BCUT2D eigenvalue weighted by Gasteiger charge is -2.34. The molecule has 7 rings (SSSR count). The molecule has 1 nitrogen and oxygen atoms in total. The summed E-state index contributed by atoms with van der Waals surface area (Å²) in [5.74, 6) is 0. The van der Waals surface area contributed by atoms with Gasteiger partial charge in [0.2, 0.25) is 0 Å². The second kappa shape index (κ2) is 24.9. The van der Waals surface area contributed by atoms with Crippen LogP contribution in [0.25, 0.3) is 32.7 Å². The molecule has 1 aliphatic rings. The molecule has 0 bridgehead atoms. The first kappa shape index (κ1) is 45.9. The van der Waals surface area contributed by atoms with Crippen molar-refractivity contribution in [2.24, 2.45) is 0 Å². The summed E-state index contributed by atoms with van der Waals surface area (Å²) in [6.07, 6.45) is 0. The van der Waals surface area contributed by atoms with Gasteiger partial charge in [-0.3, -0.25) is 0 Å². The van der Waals surface area contributed by atoms with Gasteiger partial charge in [-0.15, -0.1) is 0 Å². The molecule has 0 heterocycles. The molecule has 0 aromatic heterocycles. The summed E-state index contributed by atoms with van der Waals surface area (Å²) in [5.41, 5.74) is 7.64. The minimum atomic E-state index is -0.360. The molecule has 0 atom stereocenters. The molecule has 260 valence electrons. The highest BCUT2D eigenvalue weighted by Crippen LogP contribution is 2.56. The van der Waals surface area contributed by atoms with E-state index in [-0.39, 0.29) is 20.3 Å². The van der Waals surface area contributed by atoms with Gasteiger partial charge in [-0.25, -0.2) is 0 Å². The molecule has 1 heteroatoms. The molecule has 0 fully saturated rings. The highest BCUT2D eigenvalue weighted by Gasteiger charge is 2.45. The van der Waals surface area contributed by atoms with E-state index in [1.54, 1.807) is 14.2 Å². The Morgan fingerprint density at radius 3 is 0.958 bits per heavy atom. The van der Waals surface area contributed by atoms with Crippen molar-refractivity contribution < 1.29 is 4.74 Å². The highest BCUT2D eigenvalue weighted by molar-refractivity contribution is 5.91. The third-order valence-electron chi connectivity index (χ3n) is 7.32. The van der Waals surface area contributed by atoms with Crippen molar-refractivity contribution in [1.82, 2.24) is 0 Å². The number of benzene rings is 6. The van der Waals surface area contributed by atoms with Crippen LogP contribution >= 0.6 is 0 Å². The maximum atomic E-state index is 4.25. The van der Waals surface area contributed by atoms with Crippen LogP contribution in [0.1, 0.15) is 106 Å². The first-order chi connectivity index (χ1) is 22.8. The fourth-order valence-corrected chi connectivity index (χ4v) is 5.87. The third-order valence-corrected chi connectivity index (χ3v) is 7.32. The van der Waals surface area contributed by atoms with Crippen LogP contribution < -0.4 is 0 Å². The Bertz CT molecular complexity index is 1570. The van der Waals surface area contributed by atoms with E-state index in [1.165, 1.54) is 54.9 Å². The van der Waals surface area contributed by atoms with Crippen LogP contribution in [0.15, 0.2) is 133 Å². The molecule has 0 saturated carbocycles. The van der Waals surface area contributed by atoms with E-state index in [1.807, 2.05) is 69.2 Å². The first-order valence-electron chi connectivity index (χ1n) is 17.4. The summed E-state index contributed by atoms with van der Waals surface area (Å²) in [6, 6.07) is 49.2. The van der Waals surface area contributed by atoms with E-state index in [4.69, 9.17) is 0 Å². The number of hydrogen-bond acceptors (Lipinski definition) is 1. The van der Waals surface area contributed by atoms with Crippen LogP contribution in [-0.2, 0) is 10.2 Å². The van der Waals surface area contributed by atoms with Crippen molar-refractivity contribution in [2.45, 2.75) is 89.5 Å². The first-order valence-corrected chi connectivity index (χ1v) is 17.4. The lowest BCUT2D eigenvalue weighted by Crippen LogP contribution is -2.28. The van der Waals surface area contributed by atoms with Crippen molar-refractivity contribution in [3.63, 3.8) is 0 Å². The van der Waals surface area contributed by atoms with Crippen molar-refractivity contribution in [3.05, 3.63) is 156 Å². The molecular formula is C47H66O. The Kier molecular flexibility index (Phi) is 23.8. The molecule has 48 heavy (non-hydrogen) atoms. The molecule has 0 saturated heterocycles. The van der Waals surface area contributed by atoms with E-state index < -0.39 is 0 Å². The van der Waals surface area contributed by atoms with Crippen LogP contribution in [-0.4, -0.2) is 14.2 Å². The number of methoxy groups -OCH3 is 1. The summed E-state index contributed by atoms with van der Waals surface area (Å²) in [7, 11) is 3.25. The maximum absolute atomic E-state index is 4.25. The van der Waals surface area contributed by atoms with Crippen molar-refractivity contribution >= 4 is 21.5 Å². The Hall–Kier alpha value is -4.20. The molecule has 0 spiro atoms. The average molecular weight is 647 g/mol. The Labute approximate surface area is 296 Å². The summed E-state index contributed by atoms with van der Waals surface area (Å²) < 4.78 is 4.25. The van der Waals surface area contributed by atoms with Gasteiger partial charge in [0.25, 0.3) is 0 Å². The molecular weight excluding hydrogens is 581 g/mol. The van der Waals surface area contributed by atoms with Gasteiger partial charge in [-0.05, 0) is 67.1 Å². The van der Waals surface area contributed by atoms with E-state index in [9.17, 15) is 0 Å². The van der Waals surface area contributed by atoms with E-state index in [2.05, 4.69) is 138 Å². The third kappa shape index (κ3) is 9.45. The lowest BCUT2D eigenvalue weighted by molar-refractivity contribution is 0.277. The minimum absolute atomic E-state index is 0. The quantitative estimate of drug-likeness (QED) is 0.182. The van der Waals surface area contributed by atoms with E-state index in [0.717, 1.165) is 0 Å². The van der Waals surface area contributed by atoms with Crippen molar-refractivity contribution in [3.8, 4) is 11.1 Å². The van der Waals surface area contributed by atoms with Crippen molar-refractivity contribution in [2.75, 3.05) is 14.2 Å². The number of fused-ring (bicyclic) bond motifs is 5. The fraction of sp³-hybridized carbons (Fsp3) is 0.319. The van der Waals surface area contributed by atoms with Crippen LogP contribution in [0, 0.1) is 0 Å². The normalized spacial score (nSPS) is 10.4. The van der Waals surface area contributed by atoms with Crippen LogP contribution in [0.5, 0.6) is 0 Å². The molecule has 1 aliphatic carbocycles. The average Bonchev–Trinajstić information content (AvgIpc) is 3.47. The zero-order valence-electron chi connectivity index (χ0n) is 30.6. The molecule has 0 radical (unpaired) electrons. The second-order valence-electron chi connectivity index (χ2n) is 9.37. The van der Waals surface area contributed by atoms with E-state index in [0.29, 0.717) is 0 Å². The minimum Gasteiger partial charge on any atom is -0.388 e. The topological polar surface area (TPSA) is 9.23 Å². The Morgan fingerprint density at radius 1 is 0.354 bits per heavy atom. The fourth-order valence-electron chi connectivity index (χ4n) is 5.87. The summed E-state index contributed by atoms with van der Waals surface area (Å²) in [5, 5.41) is 5.10. The van der Waals surface area contributed by atoms with Gasteiger partial charge in [-0.1, -0.05) is 205 Å². The van der Waals surface area contributed by atoms with E-state index >= 15 is 0 Å². The summed E-state index contributed by atoms with van der Waals surface area (Å²) >= 11 is 0. The molecule has 0 aliphatic heterocycles. The zero-order chi connectivity index (χ0) is 34.5. The molecule has 6 aromatic rings. The highest BCUT2D eigenvalue weighted by atomic mass is 16.4. The lowest BCUT2D eigenvalue weighted by atomic mass is 9.67. The van der Waals surface area contributed by atoms with Gasteiger partial charge in [0.05, 0.1) is 5.41 Å². The Morgan fingerprint density at radius 2 is 0.625 bits per heavy atom. The van der Waals surface area contributed by atoms with Gasteiger partial charge in [0.1, 0.15) is 0 Å². The van der Waals surface area contributed by atoms with Crippen LogP contribution in [0.3, 0.4) is 0 Å². The predicted molar refractivity (Wildman–Crippen MR) is 222 cm³/mol. The monoisotopic (exact) mass is 647 g/mol. The number of rotatable bonds is 2. The van der Waals surface area contributed by atoms with Gasteiger partial charge in [0, 0.05) is 14.2 Å². The summed E-state index contributed by atoms with van der Waals surface area (Å²) in [4.78, 5) is 0. The smallest absolute Gasteiger partial charge is 0.0714 e. The maximum Gasteiger partial charge on any atom is 0.0714 e. The summed E-state index contributed by atoms with van der Waals surface area (Å²) in [6.45, 7) is 20.0. The van der Waals surface area contributed by atoms with Gasteiger partial charge in [-0.2, -0.15) is 0 Å². The van der Waals surface area contributed by atoms with Gasteiger partial charge < -0.3 is 4.74 Å². The Balaban J connectivity index is 0.